The van der Waals surface area contributed by atoms with Crippen molar-refractivity contribution in [2.45, 2.75) is 32.4 Å². The Bertz CT molecular complexity index is 527. The molecule has 0 saturated heterocycles. The second-order valence-electron chi connectivity index (χ2n) is 5.07. The van der Waals surface area contributed by atoms with Gasteiger partial charge in [0.15, 0.2) is 0 Å². The Balaban J connectivity index is 2.15. The standard InChI is InChI=1S/C16H22N4/c1-3-15(17)11-14-5-4-8-19-16(14)20(2)12-13-6-9-18-10-7-13/h4-10,15H,3,11-12,17H2,1-2H3. The molecule has 2 aromatic rings. The van der Waals surface area contributed by atoms with Gasteiger partial charge in [0.1, 0.15) is 5.82 Å². The Morgan fingerprint density at radius 2 is 1.95 bits per heavy atom. The van der Waals surface area contributed by atoms with Gasteiger partial charge in [-0.3, -0.25) is 4.98 Å². The Kier molecular flexibility index (Phi) is 5.07. The third kappa shape index (κ3) is 3.78. The van der Waals surface area contributed by atoms with Crippen LogP contribution in [0.2, 0.25) is 0 Å². The fourth-order valence-corrected chi connectivity index (χ4v) is 2.20. The molecule has 0 fully saturated rings. The molecule has 2 heterocycles. The van der Waals surface area contributed by atoms with Gasteiger partial charge in [-0.2, -0.15) is 0 Å². The Morgan fingerprint density at radius 1 is 1.20 bits per heavy atom. The molecule has 0 aromatic carbocycles. The normalized spacial score (nSPS) is 12.2. The van der Waals surface area contributed by atoms with Crippen molar-refractivity contribution in [1.29, 1.82) is 0 Å². The highest BCUT2D eigenvalue weighted by molar-refractivity contribution is 5.46. The van der Waals surface area contributed by atoms with Crippen LogP contribution in [0.3, 0.4) is 0 Å². The number of rotatable bonds is 6. The summed E-state index contributed by atoms with van der Waals surface area (Å²) in [6.07, 6.45) is 7.30. The molecule has 2 N–H and O–H groups in total. The molecule has 4 nitrogen and oxygen atoms in total. The van der Waals surface area contributed by atoms with E-state index in [0.717, 1.165) is 25.2 Å². The topological polar surface area (TPSA) is 55.0 Å². The van der Waals surface area contributed by atoms with E-state index in [1.165, 1.54) is 11.1 Å². The summed E-state index contributed by atoms with van der Waals surface area (Å²) in [5.41, 5.74) is 8.50. The summed E-state index contributed by atoms with van der Waals surface area (Å²) in [5.74, 6) is 1.01. The average molecular weight is 270 g/mol. The van der Waals surface area contributed by atoms with Crippen LogP contribution in [0.1, 0.15) is 24.5 Å². The smallest absolute Gasteiger partial charge is 0.131 e. The molecule has 20 heavy (non-hydrogen) atoms. The van der Waals surface area contributed by atoms with E-state index < -0.39 is 0 Å². The monoisotopic (exact) mass is 270 g/mol. The molecule has 0 spiro atoms. The Hall–Kier alpha value is -1.94. The van der Waals surface area contributed by atoms with Gasteiger partial charge >= 0.3 is 0 Å². The predicted molar refractivity (Wildman–Crippen MR) is 82.6 cm³/mol. The van der Waals surface area contributed by atoms with Gasteiger partial charge in [0.2, 0.25) is 0 Å². The summed E-state index contributed by atoms with van der Waals surface area (Å²) in [6.45, 7) is 2.93. The van der Waals surface area contributed by atoms with Gasteiger partial charge in [-0.15, -0.1) is 0 Å². The number of pyridine rings is 2. The third-order valence-electron chi connectivity index (χ3n) is 3.40. The molecule has 2 rings (SSSR count). The first-order valence-corrected chi connectivity index (χ1v) is 7.00. The lowest BCUT2D eigenvalue weighted by atomic mass is 10.1. The Morgan fingerprint density at radius 3 is 2.65 bits per heavy atom. The van der Waals surface area contributed by atoms with Gasteiger partial charge in [0.25, 0.3) is 0 Å². The molecule has 2 aromatic heterocycles. The molecule has 0 aliphatic carbocycles. The summed E-state index contributed by atoms with van der Waals surface area (Å²) in [6, 6.07) is 8.32. The first kappa shape index (κ1) is 14.5. The zero-order valence-corrected chi connectivity index (χ0v) is 12.2. The van der Waals surface area contributed by atoms with Crippen molar-refractivity contribution in [1.82, 2.24) is 9.97 Å². The maximum absolute atomic E-state index is 6.07. The van der Waals surface area contributed by atoms with Crippen LogP contribution in [0.25, 0.3) is 0 Å². The number of nitrogens with zero attached hydrogens (tertiary/aromatic N) is 3. The molecule has 0 aliphatic rings. The minimum Gasteiger partial charge on any atom is -0.355 e. The van der Waals surface area contributed by atoms with E-state index in [9.17, 15) is 0 Å². The number of nitrogens with two attached hydrogens (primary N) is 1. The summed E-state index contributed by atoms with van der Waals surface area (Å²) < 4.78 is 0. The van der Waals surface area contributed by atoms with Crippen LogP contribution in [-0.4, -0.2) is 23.1 Å². The zero-order chi connectivity index (χ0) is 14.4. The van der Waals surface area contributed by atoms with Crippen LogP contribution in [0.4, 0.5) is 5.82 Å². The molecule has 0 saturated carbocycles. The van der Waals surface area contributed by atoms with E-state index in [-0.39, 0.29) is 6.04 Å². The minimum atomic E-state index is 0.187. The van der Waals surface area contributed by atoms with E-state index >= 15 is 0 Å². The highest BCUT2D eigenvalue weighted by atomic mass is 15.2. The first-order valence-electron chi connectivity index (χ1n) is 7.00. The lowest BCUT2D eigenvalue weighted by Gasteiger charge is -2.22. The second-order valence-corrected chi connectivity index (χ2v) is 5.07. The molecule has 4 heteroatoms. The Labute approximate surface area is 120 Å². The minimum absolute atomic E-state index is 0.187. The van der Waals surface area contributed by atoms with E-state index in [2.05, 4.69) is 34.9 Å². The fourth-order valence-electron chi connectivity index (χ4n) is 2.20. The van der Waals surface area contributed by atoms with Crippen LogP contribution in [0.5, 0.6) is 0 Å². The van der Waals surface area contributed by atoms with Crippen LogP contribution < -0.4 is 10.6 Å². The van der Waals surface area contributed by atoms with Crippen molar-refractivity contribution in [3.63, 3.8) is 0 Å². The summed E-state index contributed by atoms with van der Waals surface area (Å²) in [5, 5.41) is 0. The third-order valence-corrected chi connectivity index (χ3v) is 3.40. The second kappa shape index (κ2) is 7.01. The summed E-state index contributed by atoms with van der Waals surface area (Å²) >= 11 is 0. The van der Waals surface area contributed by atoms with E-state index in [0.29, 0.717) is 0 Å². The number of aromatic nitrogens is 2. The van der Waals surface area contributed by atoms with E-state index in [4.69, 9.17) is 5.73 Å². The number of hydrogen-bond donors (Lipinski definition) is 1. The molecular weight excluding hydrogens is 248 g/mol. The SMILES string of the molecule is CCC(N)Cc1cccnc1N(C)Cc1ccncc1. The number of hydrogen-bond acceptors (Lipinski definition) is 4. The molecule has 0 radical (unpaired) electrons. The van der Waals surface area contributed by atoms with Crippen molar-refractivity contribution in [2.75, 3.05) is 11.9 Å². The van der Waals surface area contributed by atoms with Crippen molar-refractivity contribution in [2.24, 2.45) is 5.73 Å². The van der Waals surface area contributed by atoms with Crippen molar-refractivity contribution >= 4 is 5.82 Å². The first-order chi connectivity index (χ1) is 9.70. The molecule has 0 amide bonds. The van der Waals surface area contributed by atoms with Gasteiger partial charge < -0.3 is 10.6 Å². The van der Waals surface area contributed by atoms with Crippen LogP contribution in [-0.2, 0) is 13.0 Å². The van der Waals surface area contributed by atoms with E-state index in [1.54, 1.807) is 0 Å². The average Bonchev–Trinajstić information content (AvgIpc) is 2.48. The van der Waals surface area contributed by atoms with Gasteiger partial charge in [-0.1, -0.05) is 13.0 Å². The van der Waals surface area contributed by atoms with Crippen molar-refractivity contribution in [3.05, 3.63) is 54.0 Å². The lowest BCUT2D eigenvalue weighted by molar-refractivity contribution is 0.643. The quantitative estimate of drug-likeness (QED) is 0.875. The van der Waals surface area contributed by atoms with Gasteiger partial charge in [0.05, 0.1) is 0 Å². The van der Waals surface area contributed by atoms with Gasteiger partial charge in [0, 0.05) is 38.2 Å². The predicted octanol–water partition coefficient (Wildman–Crippen LogP) is 2.39. The maximum atomic E-state index is 6.07. The molecule has 1 atom stereocenters. The molecule has 106 valence electrons. The molecule has 0 bridgehead atoms. The van der Waals surface area contributed by atoms with Crippen LogP contribution in [0.15, 0.2) is 42.9 Å². The highest BCUT2D eigenvalue weighted by Crippen LogP contribution is 2.19. The lowest BCUT2D eigenvalue weighted by Crippen LogP contribution is -2.25. The fraction of sp³-hybridized carbons (Fsp3) is 0.375. The summed E-state index contributed by atoms with van der Waals surface area (Å²) in [4.78, 5) is 10.7. The van der Waals surface area contributed by atoms with Gasteiger partial charge in [-0.25, -0.2) is 4.98 Å². The van der Waals surface area contributed by atoms with Gasteiger partial charge in [-0.05, 0) is 42.2 Å². The highest BCUT2D eigenvalue weighted by Gasteiger charge is 2.11. The number of anilines is 1. The molecule has 1 unspecified atom stereocenters. The zero-order valence-electron chi connectivity index (χ0n) is 12.2. The largest absolute Gasteiger partial charge is 0.355 e. The van der Waals surface area contributed by atoms with Crippen molar-refractivity contribution < 1.29 is 0 Å². The molecular formula is C16H22N4. The summed E-state index contributed by atoms with van der Waals surface area (Å²) in [7, 11) is 2.06. The van der Waals surface area contributed by atoms with Crippen LogP contribution >= 0.6 is 0 Å². The molecule has 0 aliphatic heterocycles. The maximum Gasteiger partial charge on any atom is 0.131 e. The van der Waals surface area contributed by atoms with Crippen LogP contribution in [0, 0.1) is 0 Å². The van der Waals surface area contributed by atoms with Crippen molar-refractivity contribution in [3.8, 4) is 0 Å². The van der Waals surface area contributed by atoms with E-state index in [1.807, 2.05) is 36.8 Å².